The lowest BCUT2D eigenvalue weighted by Gasteiger charge is -2.16. The highest BCUT2D eigenvalue weighted by Crippen LogP contribution is 2.35. The van der Waals surface area contributed by atoms with Crippen LogP contribution in [0.2, 0.25) is 0 Å². The van der Waals surface area contributed by atoms with Crippen LogP contribution in [0, 0.1) is 11.7 Å². The standard InChI is InChI=1S/C20H22FNO5/c1-13(7-14-3-2-4-15(21)8-14)20(24)22-10-16(23)11-25-17-5-6-18-19(9-17)27-12-26-18/h2-6,8-9,13,16,23H,7,10-12H2,1H3,(H,22,24). The SMILES string of the molecule is CC(Cc1cccc(F)c1)C(=O)NCC(O)COc1ccc2c(c1)OCO2. The van der Waals surface area contributed by atoms with Crippen LogP contribution in [0.5, 0.6) is 17.2 Å². The van der Waals surface area contributed by atoms with E-state index in [1.54, 1.807) is 37.3 Å². The van der Waals surface area contributed by atoms with Gasteiger partial charge in [-0.05, 0) is 36.2 Å². The summed E-state index contributed by atoms with van der Waals surface area (Å²) in [5.41, 5.74) is 0.754. The molecule has 1 aliphatic heterocycles. The summed E-state index contributed by atoms with van der Waals surface area (Å²) in [6.07, 6.45) is -0.436. The van der Waals surface area contributed by atoms with Crippen LogP contribution in [0.1, 0.15) is 12.5 Å². The van der Waals surface area contributed by atoms with E-state index in [9.17, 15) is 14.3 Å². The largest absolute Gasteiger partial charge is 0.491 e. The molecule has 0 bridgehead atoms. The van der Waals surface area contributed by atoms with Crippen LogP contribution in [-0.4, -0.2) is 37.1 Å². The highest BCUT2D eigenvalue weighted by atomic mass is 19.1. The molecule has 7 heteroatoms. The molecular formula is C20H22FNO5. The van der Waals surface area contributed by atoms with Gasteiger partial charge in [-0.25, -0.2) is 4.39 Å². The number of aliphatic hydroxyl groups is 1. The molecule has 144 valence electrons. The van der Waals surface area contributed by atoms with Gasteiger partial charge >= 0.3 is 0 Å². The molecule has 0 saturated carbocycles. The van der Waals surface area contributed by atoms with Crippen molar-refractivity contribution in [2.24, 2.45) is 5.92 Å². The van der Waals surface area contributed by atoms with Crippen molar-refractivity contribution in [1.82, 2.24) is 5.32 Å². The third-order valence-electron chi connectivity index (χ3n) is 4.18. The Hall–Kier alpha value is -2.80. The number of fused-ring (bicyclic) bond motifs is 1. The lowest BCUT2D eigenvalue weighted by molar-refractivity contribution is -0.125. The molecule has 27 heavy (non-hydrogen) atoms. The number of carbonyl (C=O) groups excluding carboxylic acids is 1. The first-order valence-electron chi connectivity index (χ1n) is 8.74. The Labute approximate surface area is 156 Å². The fraction of sp³-hybridized carbons (Fsp3) is 0.350. The summed E-state index contributed by atoms with van der Waals surface area (Å²) in [6, 6.07) is 11.3. The van der Waals surface area contributed by atoms with Gasteiger partial charge in [0.05, 0.1) is 0 Å². The molecule has 0 radical (unpaired) electrons. The zero-order valence-corrected chi connectivity index (χ0v) is 15.0. The van der Waals surface area contributed by atoms with E-state index < -0.39 is 6.10 Å². The summed E-state index contributed by atoms with van der Waals surface area (Å²) < 4.78 is 29.2. The normalized spacial score (nSPS) is 14.5. The smallest absolute Gasteiger partial charge is 0.231 e. The Morgan fingerprint density at radius 3 is 2.89 bits per heavy atom. The predicted octanol–water partition coefficient (Wildman–Crippen LogP) is 2.29. The van der Waals surface area contributed by atoms with Gasteiger partial charge < -0.3 is 24.6 Å². The summed E-state index contributed by atoms with van der Waals surface area (Å²) in [6.45, 7) is 2.03. The third-order valence-corrected chi connectivity index (χ3v) is 4.18. The highest BCUT2D eigenvalue weighted by molar-refractivity contribution is 5.78. The van der Waals surface area contributed by atoms with Gasteiger partial charge in [0.1, 0.15) is 24.3 Å². The summed E-state index contributed by atoms with van der Waals surface area (Å²) in [4.78, 5) is 12.2. The Bertz CT molecular complexity index is 798. The monoisotopic (exact) mass is 375 g/mol. The van der Waals surface area contributed by atoms with Gasteiger partial charge in [-0.2, -0.15) is 0 Å². The lowest BCUT2D eigenvalue weighted by atomic mass is 10.0. The fourth-order valence-electron chi connectivity index (χ4n) is 2.72. The van der Waals surface area contributed by atoms with Gasteiger partial charge in [0.25, 0.3) is 0 Å². The van der Waals surface area contributed by atoms with Crippen molar-refractivity contribution in [1.29, 1.82) is 0 Å². The second-order valence-corrected chi connectivity index (χ2v) is 6.46. The summed E-state index contributed by atoms with van der Waals surface area (Å²) in [5, 5.41) is 12.7. The molecule has 0 saturated heterocycles. The molecule has 2 unspecified atom stereocenters. The van der Waals surface area contributed by atoms with Crippen LogP contribution in [0.3, 0.4) is 0 Å². The van der Waals surface area contributed by atoms with Crippen molar-refractivity contribution < 1.29 is 28.5 Å². The predicted molar refractivity (Wildman–Crippen MR) is 96.3 cm³/mol. The molecule has 3 rings (SSSR count). The minimum Gasteiger partial charge on any atom is -0.491 e. The first kappa shape index (κ1) is 19.0. The Balaban J connectivity index is 1.40. The molecular weight excluding hydrogens is 353 g/mol. The Morgan fingerprint density at radius 1 is 1.26 bits per heavy atom. The molecule has 2 aromatic carbocycles. The second kappa shape index (κ2) is 8.73. The van der Waals surface area contributed by atoms with Crippen molar-refractivity contribution in [2.45, 2.75) is 19.4 Å². The molecule has 1 aliphatic rings. The van der Waals surface area contributed by atoms with E-state index in [2.05, 4.69) is 5.32 Å². The molecule has 0 fully saturated rings. The van der Waals surface area contributed by atoms with E-state index in [0.29, 0.717) is 23.7 Å². The third kappa shape index (κ3) is 5.34. The molecule has 0 spiro atoms. The number of ether oxygens (including phenoxy) is 3. The van der Waals surface area contributed by atoms with E-state index in [4.69, 9.17) is 14.2 Å². The van der Waals surface area contributed by atoms with Crippen LogP contribution in [0.25, 0.3) is 0 Å². The number of aliphatic hydroxyl groups excluding tert-OH is 1. The Kier molecular flexibility index (Phi) is 6.13. The quantitative estimate of drug-likeness (QED) is 0.740. The van der Waals surface area contributed by atoms with Crippen molar-refractivity contribution in [3.05, 3.63) is 53.8 Å². The van der Waals surface area contributed by atoms with Gasteiger partial charge in [0.2, 0.25) is 12.7 Å². The van der Waals surface area contributed by atoms with E-state index in [1.165, 1.54) is 12.1 Å². The minimum atomic E-state index is -0.860. The number of amides is 1. The van der Waals surface area contributed by atoms with Crippen molar-refractivity contribution in [3.63, 3.8) is 0 Å². The Morgan fingerprint density at radius 2 is 2.07 bits per heavy atom. The summed E-state index contributed by atoms with van der Waals surface area (Å²) in [5.74, 6) is 0.930. The number of hydrogen-bond acceptors (Lipinski definition) is 5. The number of hydrogen-bond donors (Lipinski definition) is 2. The van der Waals surface area contributed by atoms with Gasteiger partial charge in [0, 0.05) is 18.5 Å². The van der Waals surface area contributed by atoms with Crippen LogP contribution in [-0.2, 0) is 11.2 Å². The van der Waals surface area contributed by atoms with Crippen LogP contribution < -0.4 is 19.5 Å². The van der Waals surface area contributed by atoms with Crippen LogP contribution >= 0.6 is 0 Å². The fourth-order valence-corrected chi connectivity index (χ4v) is 2.72. The maximum Gasteiger partial charge on any atom is 0.231 e. The first-order chi connectivity index (χ1) is 13.0. The van der Waals surface area contributed by atoms with Gasteiger partial charge in [-0.15, -0.1) is 0 Å². The number of rotatable bonds is 8. The average Bonchev–Trinajstić information content (AvgIpc) is 3.12. The number of halogens is 1. The summed E-state index contributed by atoms with van der Waals surface area (Å²) in [7, 11) is 0. The van der Waals surface area contributed by atoms with E-state index >= 15 is 0 Å². The minimum absolute atomic E-state index is 0.0260. The zero-order valence-electron chi connectivity index (χ0n) is 15.0. The molecule has 1 amide bonds. The van der Waals surface area contributed by atoms with Gasteiger partial charge in [-0.3, -0.25) is 4.79 Å². The maximum atomic E-state index is 13.2. The molecule has 2 N–H and O–H groups in total. The van der Waals surface area contributed by atoms with Crippen LogP contribution in [0.4, 0.5) is 4.39 Å². The highest BCUT2D eigenvalue weighted by Gasteiger charge is 2.17. The number of benzene rings is 2. The molecule has 0 aromatic heterocycles. The van der Waals surface area contributed by atoms with Crippen molar-refractivity contribution >= 4 is 5.91 Å². The van der Waals surface area contributed by atoms with E-state index in [0.717, 1.165) is 5.56 Å². The van der Waals surface area contributed by atoms with Crippen molar-refractivity contribution in [3.8, 4) is 17.2 Å². The van der Waals surface area contributed by atoms with Gasteiger partial charge in [0.15, 0.2) is 11.5 Å². The second-order valence-electron chi connectivity index (χ2n) is 6.46. The zero-order chi connectivity index (χ0) is 19.2. The summed E-state index contributed by atoms with van der Waals surface area (Å²) >= 11 is 0. The lowest BCUT2D eigenvalue weighted by Crippen LogP contribution is -2.38. The molecule has 1 heterocycles. The molecule has 2 aromatic rings. The van der Waals surface area contributed by atoms with Crippen molar-refractivity contribution in [2.75, 3.05) is 19.9 Å². The molecule has 6 nitrogen and oxygen atoms in total. The number of nitrogens with one attached hydrogen (secondary N) is 1. The van der Waals surface area contributed by atoms with E-state index in [-0.39, 0.29) is 37.6 Å². The van der Waals surface area contributed by atoms with E-state index in [1.807, 2.05) is 0 Å². The topological polar surface area (TPSA) is 77.0 Å². The average molecular weight is 375 g/mol. The molecule has 0 aliphatic carbocycles. The maximum absolute atomic E-state index is 13.2. The van der Waals surface area contributed by atoms with Crippen LogP contribution in [0.15, 0.2) is 42.5 Å². The molecule has 2 atom stereocenters. The number of carbonyl (C=O) groups is 1. The first-order valence-corrected chi connectivity index (χ1v) is 8.74. The van der Waals surface area contributed by atoms with Gasteiger partial charge in [-0.1, -0.05) is 19.1 Å².